The van der Waals surface area contributed by atoms with Crippen LogP contribution >= 0.6 is 15.9 Å². The molecule has 0 N–H and O–H groups in total. The molecule has 7 nitrogen and oxygen atoms in total. The molecule has 1 aromatic heterocycles. The number of carbonyl (C=O) groups is 1. The van der Waals surface area contributed by atoms with Crippen LogP contribution in [0.4, 0.5) is 10.5 Å². The maximum atomic E-state index is 12.1. The molecule has 0 unspecified atom stereocenters. The number of hydrogen-bond acceptors (Lipinski definition) is 5. The summed E-state index contributed by atoms with van der Waals surface area (Å²) >= 11 is 3.52. The van der Waals surface area contributed by atoms with Crippen molar-refractivity contribution in [3.05, 3.63) is 72.5 Å². The summed E-state index contributed by atoms with van der Waals surface area (Å²) in [4.78, 5) is 29.9. The number of aryl methyl sites for hydroxylation is 3. The molecule has 0 bridgehead atoms. The standard InChI is InChI=1S/C23H24BrN3O4/c1-3-31-23(28)26-8-6-15(7-9-26)21-19-12-20(27(29)30)14(2)10-16(19)4-5-17-11-18(24)13-25-22(17)21/h10-13H,3-9H2,1-2H3. The Hall–Kier alpha value is -2.74. The number of likely N-dealkylation sites (tertiary alicyclic amines) is 1. The summed E-state index contributed by atoms with van der Waals surface area (Å²) in [5.74, 6) is 0. The summed E-state index contributed by atoms with van der Waals surface area (Å²) < 4.78 is 6.06. The third-order valence-corrected chi connectivity index (χ3v) is 6.40. The minimum atomic E-state index is -0.317. The van der Waals surface area contributed by atoms with Gasteiger partial charge in [-0.05, 0) is 84.3 Å². The molecular formula is C23H24BrN3O4. The zero-order chi connectivity index (χ0) is 22.1. The van der Waals surface area contributed by atoms with E-state index in [1.165, 1.54) is 5.57 Å². The third-order valence-electron chi connectivity index (χ3n) is 5.97. The van der Waals surface area contributed by atoms with Crippen LogP contribution in [0.3, 0.4) is 0 Å². The second kappa shape index (κ2) is 8.78. The number of benzene rings is 1. The summed E-state index contributed by atoms with van der Waals surface area (Å²) in [5, 5.41) is 11.7. The maximum Gasteiger partial charge on any atom is 0.409 e. The Morgan fingerprint density at radius 3 is 2.58 bits per heavy atom. The van der Waals surface area contributed by atoms with Crippen molar-refractivity contribution in [1.82, 2.24) is 9.88 Å². The monoisotopic (exact) mass is 485 g/mol. The molecule has 31 heavy (non-hydrogen) atoms. The predicted molar refractivity (Wildman–Crippen MR) is 121 cm³/mol. The SMILES string of the molecule is CCOC(=O)N1CCC(=C2c3cc([N+](=O)[O-])c(C)cc3CCc3cc(Br)cnc32)CC1. The topological polar surface area (TPSA) is 85.6 Å². The highest BCUT2D eigenvalue weighted by Crippen LogP contribution is 2.40. The number of piperidine rings is 1. The predicted octanol–water partition coefficient (Wildman–Crippen LogP) is 5.21. The minimum absolute atomic E-state index is 0.126. The number of amides is 1. The highest BCUT2D eigenvalue weighted by molar-refractivity contribution is 9.10. The normalized spacial score (nSPS) is 15.8. The first-order valence-electron chi connectivity index (χ1n) is 10.5. The van der Waals surface area contributed by atoms with E-state index in [4.69, 9.17) is 9.72 Å². The molecule has 2 aromatic rings. The van der Waals surface area contributed by atoms with Crippen LogP contribution in [-0.4, -0.2) is 40.6 Å². The first-order chi connectivity index (χ1) is 14.9. The summed E-state index contributed by atoms with van der Waals surface area (Å²) in [6, 6.07) is 5.75. The number of nitrogens with zero attached hydrogens (tertiary/aromatic N) is 3. The van der Waals surface area contributed by atoms with Gasteiger partial charge in [0.15, 0.2) is 0 Å². The lowest BCUT2D eigenvalue weighted by atomic mass is 9.87. The van der Waals surface area contributed by atoms with Gasteiger partial charge in [-0.1, -0.05) is 5.57 Å². The van der Waals surface area contributed by atoms with Crippen LogP contribution in [0.2, 0.25) is 0 Å². The first-order valence-corrected chi connectivity index (χ1v) is 11.2. The van der Waals surface area contributed by atoms with Gasteiger partial charge >= 0.3 is 6.09 Å². The van der Waals surface area contributed by atoms with Crippen molar-refractivity contribution < 1.29 is 14.5 Å². The summed E-state index contributed by atoms with van der Waals surface area (Å²) in [7, 11) is 0. The maximum absolute atomic E-state index is 12.1. The van der Waals surface area contributed by atoms with Crippen molar-refractivity contribution in [3.8, 4) is 0 Å². The van der Waals surface area contributed by atoms with Gasteiger partial charge in [0, 0.05) is 41.0 Å². The summed E-state index contributed by atoms with van der Waals surface area (Å²) in [5.41, 5.74) is 6.98. The van der Waals surface area contributed by atoms with E-state index < -0.39 is 0 Å². The van der Waals surface area contributed by atoms with Gasteiger partial charge in [-0.2, -0.15) is 0 Å². The zero-order valence-corrected chi connectivity index (χ0v) is 19.2. The molecule has 1 aromatic carbocycles. The van der Waals surface area contributed by atoms with E-state index in [1.807, 2.05) is 6.07 Å². The molecule has 1 amide bonds. The van der Waals surface area contributed by atoms with Crippen LogP contribution in [0.15, 0.2) is 34.4 Å². The van der Waals surface area contributed by atoms with Crippen LogP contribution in [0, 0.1) is 17.0 Å². The van der Waals surface area contributed by atoms with Gasteiger partial charge in [0.25, 0.3) is 5.69 Å². The van der Waals surface area contributed by atoms with Gasteiger partial charge < -0.3 is 9.64 Å². The van der Waals surface area contributed by atoms with Crippen LogP contribution in [0.5, 0.6) is 0 Å². The van der Waals surface area contributed by atoms with Crippen molar-refractivity contribution in [2.24, 2.45) is 0 Å². The quantitative estimate of drug-likeness (QED) is 0.430. The molecule has 0 spiro atoms. The van der Waals surface area contributed by atoms with Gasteiger partial charge in [0.2, 0.25) is 0 Å². The summed E-state index contributed by atoms with van der Waals surface area (Å²) in [6.07, 6.45) is 4.48. The van der Waals surface area contributed by atoms with Crippen LogP contribution in [0.1, 0.15) is 47.7 Å². The molecule has 2 aliphatic rings. The Labute approximate surface area is 189 Å². The Balaban J connectivity index is 1.84. The number of nitro groups is 1. The number of aromatic nitrogens is 1. The van der Waals surface area contributed by atoms with E-state index in [9.17, 15) is 14.9 Å². The molecule has 8 heteroatoms. The van der Waals surface area contributed by atoms with E-state index in [0.29, 0.717) is 38.1 Å². The number of fused-ring (bicyclic) bond motifs is 2. The summed E-state index contributed by atoms with van der Waals surface area (Å²) in [6.45, 7) is 5.06. The minimum Gasteiger partial charge on any atom is -0.450 e. The van der Waals surface area contributed by atoms with Crippen molar-refractivity contribution >= 4 is 33.3 Å². The molecule has 2 heterocycles. The fourth-order valence-corrected chi connectivity index (χ4v) is 4.85. The van der Waals surface area contributed by atoms with Gasteiger partial charge in [-0.15, -0.1) is 0 Å². The lowest BCUT2D eigenvalue weighted by molar-refractivity contribution is -0.385. The molecule has 0 radical (unpaired) electrons. The molecule has 0 saturated carbocycles. The number of hydrogen-bond donors (Lipinski definition) is 0. The van der Waals surface area contributed by atoms with Crippen molar-refractivity contribution in [2.75, 3.05) is 19.7 Å². The van der Waals surface area contributed by atoms with Crippen molar-refractivity contribution in [2.45, 2.75) is 39.5 Å². The fourth-order valence-electron chi connectivity index (χ4n) is 4.47. The van der Waals surface area contributed by atoms with Gasteiger partial charge in [-0.25, -0.2) is 4.79 Å². The smallest absolute Gasteiger partial charge is 0.409 e. The number of pyridine rings is 1. The fraction of sp³-hybridized carbons (Fsp3) is 0.391. The molecule has 0 atom stereocenters. The third kappa shape index (κ3) is 4.21. The first kappa shape index (κ1) is 21.5. The average molecular weight is 486 g/mol. The second-order valence-electron chi connectivity index (χ2n) is 7.88. The van der Waals surface area contributed by atoms with Gasteiger partial charge in [0.1, 0.15) is 0 Å². The number of halogens is 1. The molecule has 1 saturated heterocycles. The molecule has 4 rings (SSSR count). The molecular weight excluding hydrogens is 462 g/mol. The highest BCUT2D eigenvalue weighted by Gasteiger charge is 2.29. The Morgan fingerprint density at radius 1 is 1.19 bits per heavy atom. The lowest BCUT2D eigenvalue weighted by Crippen LogP contribution is -2.37. The van der Waals surface area contributed by atoms with E-state index in [0.717, 1.165) is 45.3 Å². The highest BCUT2D eigenvalue weighted by atomic mass is 79.9. The molecule has 1 aliphatic carbocycles. The van der Waals surface area contributed by atoms with Crippen LogP contribution in [0.25, 0.3) is 5.57 Å². The van der Waals surface area contributed by atoms with E-state index in [1.54, 1.807) is 31.0 Å². The van der Waals surface area contributed by atoms with E-state index >= 15 is 0 Å². The number of rotatable bonds is 2. The Kier molecular flexibility index (Phi) is 6.09. The van der Waals surface area contributed by atoms with Gasteiger partial charge in [-0.3, -0.25) is 15.1 Å². The number of carbonyl (C=O) groups excluding carboxylic acids is 1. The molecule has 1 fully saturated rings. The molecule has 1 aliphatic heterocycles. The number of ether oxygens (including phenoxy) is 1. The van der Waals surface area contributed by atoms with Crippen molar-refractivity contribution in [3.63, 3.8) is 0 Å². The Bertz CT molecular complexity index is 1090. The largest absolute Gasteiger partial charge is 0.450 e. The van der Waals surface area contributed by atoms with E-state index in [-0.39, 0.29) is 16.7 Å². The Morgan fingerprint density at radius 2 is 1.90 bits per heavy atom. The average Bonchev–Trinajstić information content (AvgIpc) is 2.89. The van der Waals surface area contributed by atoms with Gasteiger partial charge in [0.05, 0.1) is 17.2 Å². The van der Waals surface area contributed by atoms with Crippen LogP contribution in [-0.2, 0) is 17.6 Å². The lowest BCUT2D eigenvalue weighted by Gasteiger charge is -2.29. The van der Waals surface area contributed by atoms with Crippen LogP contribution < -0.4 is 0 Å². The van der Waals surface area contributed by atoms with E-state index in [2.05, 4.69) is 22.0 Å². The number of nitro benzene ring substituents is 1. The second-order valence-corrected chi connectivity index (χ2v) is 8.79. The zero-order valence-electron chi connectivity index (χ0n) is 17.6. The molecule has 162 valence electrons. The van der Waals surface area contributed by atoms with Crippen molar-refractivity contribution in [1.29, 1.82) is 0 Å².